The van der Waals surface area contributed by atoms with Gasteiger partial charge in [-0.15, -0.1) is 0 Å². The summed E-state index contributed by atoms with van der Waals surface area (Å²) in [4.78, 5) is 15.1. The highest BCUT2D eigenvalue weighted by molar-refractivity contribution is 5.95. The SMILES string of the molecule is CCNC(=O)c1cn(-c2ccccc2)nc1[C@H]1CCCN(C[C@H](O)c2ccccc2)C1. The molecule has 1 amide bonds. The van der Waals surface area contributed by atoms with Crippen LogP contribution in [0.5, 0.6) is 0 Å². The Morgan fingerprint density at radius 1 is 1.16 bits per heavy atom. The standard InChI is InChI=1S/C25H30N4O2/c1-2-26-25(31)22-17-29(21-13-7-4-8-14-21)27-24(22)20-12-9-15-28(16-20)18-23(30)19-10-5-3-6-11-19/h3-8,10-11,13-14,17,20,23,30H,2,9,12,15-16,18H2,1H3,(H,26,31)/t20-,23-/m0/s1. The fourth-order valence-electron chi connectivity index (χ4n) is 4.30. The van der Waals surface area contributed by atoms with E-state index in [1.54, 1.807) is 4.68 Å². The first kappa shape index (κ1) is 21.3. The number of para-hydroxylation sites is 1. The topological polar surface area (TPSA) is 70.4 Å². The molecule has 0 unspecified atom stereocenters. The van der Waals surface area contributed by atoms with Gasteiger partial charge in [-0.1, -0.05) is 48.5 Å². The molecule has 162 valence electrons. The van der Waals surface area contributed by atoms with E-state index in [4.69, 9.17) is 5.10 Å². The van der Waals surface area contributed by atoms with E-state index in [-0.39, 0.29) is 11.8 Å². The van der Waals surface area contributed by atoms with Gasteiger partial charge in [0.2, 0.25) is 0 Å². The zero-order valence-corrected chi connectivity index (χ0v) is 17.9. The summed E-state index contributed by atoms with van der Waals surface area (Å²) in [5, 5.41) is 18.4. The maximum atomic E-state index is 12.8. The number of nitrogens with zero attached hydrogens (tertiary/aromatic N) is 3. The summed E-state index contributed by atoms with van der Waals surface area (Å²) in [6.45, 7) is 4.80. The monoisotopic (exact) mass is 418 g/mol. The van der Waals surface area contributed by atoms with Crippen LogP contribution in [0.1, 0.15) is 53.4 Å². The first-order valence-electron chi connectivity index (χ1n) is 11.0. The Bertz CT molecular complexity index is 987. The van der Waals surface area contributed by atoms with Crippen LogP contribution in [-0.2, 0) is 0 Å². The number of β-amino-alcohol motifs (C(OH)–C–C–N with tert-alkyl or cyclic N) is 1. The van der Waals surface area contributed by atoms with E-state index in [1.807, 2.05) is 73.8 Å². The average Bonchev–Trinajstić information content (AvgIpc) is 3.26. The number of piperidine rings is 1. The Morgan fingerprint density at radius 3 is 2.58 bits per heavy atom. The van der Waals surface area contributed by atoms with Gasteiger partial charge in [-0.05, 0) is 44.0 Å². The van der Waals surface area contributed by atoms with Crippen LogP contribution in [0.2, 0.25) is 0 Å². The second-order valence-corrected chi connectivity index (χ2v) is 8.09. The summed E-state index contributed by atoms with van der Waals surface area (Å²) in [5.41, 5.74) is 3.35. The highest BCUT2D eigenvalue weighted by Crippen LogP contribution is 2.30. The van der Waals surface area contributed by atoms with Crippen molar-refractivity contribution < 1.29 is 9.90 Å². The number of hydrogen-bond donors (Lipinski definition) is 2. The van der Waals surface area contributed by atoms with E-state index in [0.29, 0.717) is 18.7 Å². The van der Waals surface area contributed by atoms with Gasteiger partial charge in [0.1, 0.15) is 0 Å². The fourth-order valence-corrected chi connectivity index (χ4v) is 4.30. The molecule has 2 N–H and O–H groups in total. The van der Waals surface area contributed by atoms with Crippen LogP contribution in [0.25, 0.3) is 5.69 Å². The number of aliphatic hydroxyl groups is 1. The van der Waals surface area contributed by atoms with Crippen LogP contribution < -0.4 is 5.32 Å². The number of nitrogens with one attached hydrogen (secondary N) is 1. The number of rotatable bonds is 7. The number of amides is 1. The van der Waals surface area contributed by atoms with Gasteiger partial charge in [0.25, 0.3) is 5.91 Å². The summed E-state index contributed by atoms with van der Waals surface area (Å²) in [5.74, 6) is 0.0698. The van der Waals surface area contributed by atoms with E-state index in [0.717, 1.165) is 42.9 Å². The number of aromatic nitrogens is 2. The minimum Gasteiger partial charge on any atom is -0.387 e. The van der Waals surface area contributed by atoms with Crippen molar-refractivity contribution in [3.05, 3.63) is 83.7 Å². The van der Waals surface area contributed by atoms with Crippen molar-refractivity contribution in [3.63, 3.8) is 0 Å². The molecule has 1 saturated heterocycles. The molecule has 0 saturated carbocycles. The van der Waals surface area contributed by atoms with Crippen LogP contribution >= 0.6 is 0 Å². The number of hydrogen-bond acceptors (Lipinski definition) is 4. The predicted molar refractivity (Wildman–Crippen MR) is 121 cm³/mol. The lowest BCUT2D eigenvalue weighted by Gasteiger charge is -2.33. The van der Waals surface area contributed by atoms with Gasteiger partial charge in [0.05, 0.1) is 23.0 Å². The molecule has 6 nitrogen and oxygen atoms in total. The van der Waals surface area contributed by atoms with E-state index in [2.05, 4.69) is 10.2 Å². The van der Waals surface area contributed by atoms with Crippen LogP contribution in [0, 0.1) is 0 Å². The molecule has 0 spiro atoms. The van der Waals surface area contributed by atoms with Gasteiger partial charge in [0.15, 0.2) is 0 Å². The van der Waals surface area contributed by atoms with Crippen molar-refractivity contribution in [2.75, 3.05) is 26.2 Å². The maximum absolute atomic E-state index is 12.8. The van der Waals surface area contributed by atoms with Crippen LogP contribution in [0.4, 0.5) is 0 Å². The number of likely N-dealkylation sites (tertiary alicyclic amines) is 1. The fraction of sp³-hybridized carbons (Fsp3) is 0.360. The second kappa shape index (κ2) is 9.90. The summed E-state index contributed by atoms with van der Waals surface area (Å²) in [6.07, 6.45) is 3.31. The van der Waals surface area contributed by atoms with Gasteiger partial charge in [-0.25, -0.2) is 4.68 Å². The summed E-state index contributed by atoms with van der Waals surface area (Å²) >= 11 is 0. The molecule has 1 fully saturated rings. The molecule has 1 aliphatic heterocycles. The van der Waals surface area contributed by atoms with E-state index in [1.165, 1.54) is 0 Å². The number of carbonyl (C=O) groups is 1. The first-order valence-corrected chi connectivity index (χ1v) is 11.0. The summed E-state index contributed by atoms with van der Waals surface area (Å²) in [7, 11) is 0. The Labute approximate surface area is 183 Å². The van der Waals surface area contributed by atoms with Gasteiger partial charge in [-0.2, -0.15) is 5.10 Å². The largest absolute Gasteiger partial charge is 0.387 e. The zero-order valence-electron chi connectivity index (χ0n) is 17.9. The Hall–Kier alpha value is -2.96. The first-order chi connectivity index (χ1) is 15.2. The van der Waals surface area contributed by atoms with Crippen molar-refractivity contribution in [2.45, 2.75) is 31.8 Å². The molecule has 0 radical (unpaired) electrons. The van der Waals surface area contributed by atoms with E-state index in [9.17, 15) is 9.90 Å². The smallest absolute Gasteiger partial charge is 0.254 e. The summed E-state index contributed by atoms with van der Waals surface area (Å²) < 4.78 is 1.80. The second-order valence-electron chi connectivity index (χ2n) is 8.09. The lowest BCUT2D eigenvalue weighted by atomic mass is 9.92. The van der Waals surface area contributed by atoms with Crippen LogP contribution in [-0.4, -0.2) is 51.9 Å². The van der Waals surface area contributed by atoms with Gasteiger partial charge < -0.3 is 10.4 Å². The quantitative estimate of drug-likeness (QED) is 0.616. The Balaban J connectivity index is 1.55. The van der Waals surface area contributed by atoms with Crippen molar-refractivity contribution >= 4 is 5.91 Å². The van der Waals surface area contributed by atoms with E-state index < -0.39 is 6.10 Å². The van der Waals surface area contributed by atoms with Gasteiger partial charge in [0, 0.05) is 31.7 Å². The molecular formula is C25H30N4O2. The highest BCUT2D eigenvalue weighted by atomic mass is 16.3. The highest BCUT2D eigenvalue weighted by Gasteiger charge is 2.29. The maximum Gasteiger partial charge on any atom is 0.254 e. The minimum absolute atomic E-state index is 0.0823. The minimum atomic E-state index is -0.523. The molecule has 2 aromatic carbocycles. The molecule has 1 aliphatic rings. The third-order valence-corrected chi connectivity index (χ3v) is 5.85. The normalized spacial score (nSPS) is 17.9. The summed E-state index contributed by atoms with van der Waals surface area (Å²) in [6, 6.07) is 19.7. The molecular weight excluding hydrogens is 388 g/mol. The molecule has 0 aliphatic carbocycles. The molecule has 6 heteroatoms. The molecule has 3 aromatic rings. The molecule has 2 atom stereocenters. The lowest BCUT2D eigenvalue weighted by molar-refractivity contribution is 0.0923. The number of benzene rings is 2. The average molecular weight is 419 g/mol. The lowest BCUT2D eigenvalue weighted by Crippen LogP contribution is -2.38. The van der Waals surface area contributed by atoms with Crippen molar-refractivity contribution in [2.24, 2.45) is 0 Å². The van der Waals surface area contributed by atoms with Crippen molar-refractivity contribution in [3.8, 4) is 5.69 Å². The molecule has 0 bridgehead atoms. The van der Waals surface area contributed by atoms with Crippen molar-refractivity contribution in [1.82, 2.24) is 20.0 Å². The van der Waals surface area contributed by atoms with Crippen LogP contribution in [0.3, 0.4) is 0 Å². The number of carbonyl (C=O) groups excluding carboxylic acids is 1. The molecule has 4 rings (SSSR count). The molecule has 31 heavy (non-hydrogen) atoms. The third kappa shape index (κ3) is 5.03. The predicted octanol–water partition coefficient (Wildman–Crippen LogP) is 3.54. The number of aliphatic hydroxyl groups excluding tert-OH is 1. The molecule has 1 aromatic heterocycles. The van der Waals surface area contributed by atoms with Crippen LogP contribution in [0.15, 0.2) is 66.9 Å². The van der Waals surface area contributed by atoms with Gasteiger partial charge >= 0.3 is 0 Å². The zero-order chi connectivity index (χ0) is 21.6. The Morgan fingerprint density at radius 2 is 1.87 bits per heavy atom. The van der Waals surface area contributed by atoms with Crippen molar-refractivity contribution in [1.29, 1.82) is 0 Å². The molecule has 2 heterocycles. The van der Waals surface area contributed by atoms with E-state index >= 15 is 0 Å². The third-order valence-electron chi connectivity index (χ3n) is 5.85. The van der Waals surface area contributed by atoms with Gasteiger partial charge in [-0.3, -0.25) is 9.69 Å². The Kier molecular flexibility index (Phi) is 6.79.